The molecule has 0 saturated carbocycles. The Morgan fingerprint density at radius 3 is 2.93 bits per heavy atom. The maximum absolute atomic E-state index is 11.5. The Bertz CT molecular complexity index is 699. The van der Waals surface area contributed by atoms with E-state index >= 15 is 0 Å². The first-order valence-corrected chi connectivity index (χ1v) is 10.5. The maximum Gasteiger partial charge on any atom is 0.411 e. The lowest BCUT2D eigenvalue weighted by Gasteiger charge is -2.36. The molecular formula is C20H29ClN4O4. The summed E-state index contributed by atoms with van der Waals surface area (Å²) < 4.78 is 9.99. The van der Waals surface area contributed by atoms with E-state index in [2.05, 4.69) is 19.9 Å². The molecule has 2 aliphatic rings. The van der Waals surface area contributed by atoms with Gasteiger partial charge in [0.05, 0.1) is 24.0 Å². The fraction of sp³-hybridized carbons (Fsp3) is 0.650. The third kappa shape index (κ3) is 5.96. The molecule has 0 aromatic carbocycles. The van der Waals surface area contributed by atoms with E-state index in [-0.39, 0.29) is 0 Å². The molecular weight excluding hydrogens is 396 g/mol. The summed E-state index contributed by atoms with van der Waals surface area (Å²) >= 11 is 6.43. The minimum Gasteiger partial charge on any atom is -0.453 e. The van der Waals surface area contributed by atoms with Crippen molar-refractivity contribution in [1.29, 1.82) is 0 Å². The maximum atomic E-state index is 11.5. The number of hydrogen-bond donors (Lipinski definition) is 1. The molecule has 1 aromatic rings. The van der Waals surface area contributed by atoms with Crippen LogP contribution in [0.25, 0.3) is 0 Å². The Hall–Kier alpha value is -2.06. The Balaban J connectivity index is 1.56. The fourth-order valence-corrected chi connectivity index (χ4v) is 4.35. The molecule has 160 valence electrons. The van der Waals surface area contributed by atoms with E-state index in [1.165, 1.54) is 7.11 Å². The molecule has 0 bridgehead atoms. The first kappa shape index (κ1) is 21.6. The lowest BCUT2D eigenvalue weighted by molar-refractivity contribution is -0.122. The summed E-state index contributed by atoms with van der Waals surface area (Å²) in [4.78, 5) is 31.5. The van der Waals surface area contributed by atoms with Crippen molar-refractivity contribution in [3.05, 3.63) is 17.3 Å². The largest absolute Gasteiger partial charge is 0.453 e. The number of nitrogens with zero attached hydrogens (tertiary/aromatic N) is 3. The number of hydrogen-bond acceptors (Lipinski definition) is 6. The molecule has 2 fully saturated rings. The highest BCUT2D eigenvalue weighted by atomic mass is 35.5. The van der Waals surface area contributed by atoms with Gasteiger partial charge in [0, 0.05) is 38.9 Å². The number of amides is 2. The number of nitrogens with one attached hydrogen (secondary N) is 1. The topological polar surface area (TPSA) is 84.0 Å². The van der Waals surface area contributed by atoms with Crippen LogP contribution in [-0.2, 0) is 14.3 Å². The van der Waals surface area contributed by atoms with E-state index in [0.717, 1.165) is 77.2 Å². The molecule has 8 nitrogen and oxygen atoms in total. The molecule has 29 heavy (non-hydrogen) atoms. The van der Waals surface area contributed by atoms with Gasteiger partial charge in [-0.05, 0) is 44.1 Å². The van der Waals surface area contributed by atoms with Gasteiger partial charge in [-0.25, -0.2) is 9.78 Å². The Morgan fingerprint density at radius 2 is 2.24 bits per heavy atom. The van der Waals surface area contributed by atoms with Crippen molar-refractivity contribution in [3.63, 3.8) is 0 Å². The van der Waals surface area contributed by atoms with Crippen molar-refractivity contribution in [2.75, 3.05) is 50.2 Å². The van der Waals surface area contributed by atoms with E-state index in [1.807, 2.05) is 4.90 Å². The van der Waals surface area contributed by atoms with Crippen LogP contribution in [0.2, 0.25) is 5.02 Å². The summed E-state index contributed by atoms with van der Waals surface area (Å²) in [6, 6.07) is 1.98. The molecule has 2 aliphatic heterocycles. The summed E-state index contributed by atoms with van der Waals surface area (Å²) in [5, 5.41) is 3.06. The molecule has 0 radical (unpaired) electrons. The number of pyridine rings is 1. The van der Waals surface area contributed by atoms with Crippen LogP contribution in [-0.4, -0.2) is 68.4 Å². The van der Waals surface area contributed by atoms with Crippen LogP contribution in [0.15, 0.2) is 12.3 Å². The minimum absolute atomic E-state index is 0.298. The van der Waals surface area contributed by atoms with E-state index in [1.54, 1.807) is 12.3 Å². The molecule has 1 aromatic heterocycles. The zero-order chi connectivity index (χ0) is 20.6. The van der Waals surface area contributed by atoms with Crippen molar-refractivity contribution in [2.45, 2.75) is 38.1 Å². The predicted octanol–water partition coefficient (Wildman–Crippen LogP) is 3.16. The summed E-state index contributed by atoms with van der Waals surface area (Å²) in [7, 11) is 1.31. The van der Waals surface area contributed by atoms with Gasteiger partial charge in [0.1, 0.15) is 5.82 Å². The second-order valence-electron chi connectivity index (χ2n) is 7.58. The Morgan fingerprint density at radius 1 is 1.45 bits per heavy atom. The molecule has 3 heterocycles. The van der Waals surface area contributed by atoms with Crippen LogP contribution in [0.3, 0.4) is 0 Å². The lowest BCUT2D eigenvalue weighted by Crippen LogP contribution is -2.41. The van der Waals surface area contributed by atoms with Gasteiger partial charge in [-0.2, -0.15) is 0 Å². The van der Waals surface area contributed by atoms with E-state index in [4.69, 9.17) is 16.3 Å². The van der Waals surface area contributed by atoms with Crippen molar-refractivity contribution in [3.8, 4) is 0 Å². The zero-order valence-electron chi connectivity index (χ0n) is 16.8. The average Bonchev–Trinajstić information content (AvgIpc) is 2.75. The highest BCUT2D eigenvalue weighted by Crippen LogP contribution is 2.31. The standard InChI is InChI=1S/C20H29ClN4O4/c1-28-20(27)23-16-11-18(21)19(22-12-16)24-7-2-3-15(13-24)4-8-25(14-26)17-5-9-29-10-6-17/h11-12,14-15,17H,2-10,13H2,1H3,(H,23,27). The molecule has 2 amide bonds. The van der Waals surface area contributed by atoms with Crippen molar-refractivity contribution >= 4 is 35.6 Å². The van der Waals surface area contributed by atoms with Crippen molar-refractivity contribution < 1.29 is 19.1 Å². The van der Waals surface area contributed by atoms with E-state index in [0.29, 0.717) is 22.7 Å². The van der Waals surface area contributed by atoms with Crippen LogP contribution in [0, 0.1) is 5.92 Å². The molecule has 0 spiro atoms. The third-order valence-electron chi connectivity index (χ3n) is 5.66. The summed E-state index contributed by atoms with van der Waals surface area (Å²) in [6.07, 6.45) is 7.01. The molecule has 0 aliphatic carbocycles. The Kier molecular flexibility index (Phi) is 7.94. The fourth-order valence-electron chi connectivity index (χ4n) is 4.06. The SMILES string of the molecule is COC(=O)Nc1cnc(N2CCCC(CCN(C=O)C3CCOCC3)C2)c(Cl)c1. The number of piperidine rings is 1. The van der Waals surface area contributed by atoms with Crippen LogP contribution >= 0.6 is 11.6 Å². The van der Waals surface area contributed by atoms with Gasteiger partial charge >= 0.3 is 6.09 Å². The number of carbonyl (C=O) groups excluding carboxylic acids is 2. The summed E-state index contributed by atoms with van der Waals surface area (Å²) in [5.74, 6) is 1.21. The third-order valence-corrected chi connectivity index (χ3v) is 5.94. The number of carbonyl (C=O) groups is 2. The van der Waals surface area contributed by atoms with Crippen molar-refractivity contribution in [1.82, 2.24) is 9.88 Å². The van der Waals surface area contributed by atoms with Crippen LogP contribution in [0.5, 0.6) is 0 Å². The Labute approximate surface area is 176 Å². The van der Waals surface area contributed by atoms with Gasteiger partial charge in [0.2, 0.25) is 6.41 Å². The number of halogens is 1. The quantitative estimate of drug-likeness (QED) is 0.677. The van der Waals surface area contributed by atoms with Crippen LogP contribution in [0.1, 0.15) is 32.1 Å². The van der Waals surface area contributed by atoms with Crippen LogP contribution in [0.4, 0.5) is 16.3 Å². The van der Waals surface area contributed by atoms with Crippen LogP contribution < -0.4 is 10.2 Å². The number of methoxy groups -OCH3 is 1. The second kappa shape index (κ2) is 10.6. The molecule has 9 heteroatoms. The summed E-state index contributed by atoms with van der Waals surface area (Å²) in [5.41, 5.74) is 0.497. The van der Waals surface area contributed by atoms with Gasteiger partial charge < -0.3 is 19.3 Å². The molecule has 1 unspecified atom stereocenters. The van der Waals surface area contributed by atoms with Crippen molar-refractivity contribution in [2.24, 2.45) is 5.92 Å². The molecule has 3 rings (SSSR count). The second-order valence-corrected chi connectivity index (χ2v) is 7.98. The smallest absolute Gasteiger partial charge is 0.411 e. The monoisotopic (exact) mass is 424 g/mol. The van der Waals surface area contributed by atoms with Gasteiger partial charge in [0.25, 0.3) is 0 Å². The highest BCUT2D eigenvalue weighted by molar-refractivity contribution is 6.33. The minimum atomic E-state index is -0.557. The highest BCUT2D eigenvalue weighted by Gasteiger charge is 2.25. The zero-order valence-corrected chi connectivity index (χ0v) is 17.6. The molecule has 1 N–H and O–H groups in total. The van der Waals surface area contributed by atoms with Gasteiger partial charge in [-0.1, -0.05) is 11.6 Å². The van der Waals surface area contributed by atoms with Gasteiger partial charge in [-0.3, -0.25) is 10.1 Å². The van der Waals surface area contributed by atoms with Gasteiger partial charge in [-0.15, -0.1) is 0 Å². The van der Waals surface area contributed by atoms with E-state index < -0.39 is 6.09 Å². The van der Waals surface area contributed by atoms with Gasteiger partial charge in [0.15, 0.2) is 0 Å². The number of anilines is 2. The van der Waals surface area contributed by atoms with E-state index in [9.17, 15) is 9.59 Å². The first-order valence-electron chi connectivity index (χ1n) is 10.1. The molecule has 2 saturated heterocycles. The number of ether oxygens (including phenoxy) is 2. The predicted molar refractivity (Wildman–Crippen MR) is 111 cm³/mol. The summed E-state index contributed by atoms with van der Waals surface area (Å²) in [6.45, 7) is 3.99. The number of aromatic nitrogens is 1. The first-order chi connectivity index (χ1) is 14.1. The molecule has 1 atom stereocenters. The number of rotatable bonds is 7. The average molecular weight is 425 g/mol. The lowest BCUT2D eigenvalue weighted by atomic mass is 9.94. The normalized spacial score (nSPS) is 20.2.